The fourth-order valence-electron chi connectivity index (χ4n) is 5.28. The van der Waals surface area contributed by atoms with Crippen LogP contribution >= 0.6 is 0 Å². The van der Waals surface area contributed by atoms with Gasteiger partial charge in [0.25, 0.3) is 0 Å². The molecule has 1 amide bonds. The van der Waals surface area contributed by atoms with E-state index in [4.69, 9.17) is 9.47 Å². The molecular formula is C32H33F4N5O3. The second kappa shape index (κ2) is 13.1. The number of alkyl halides is 3. The Labute approximate surface area is 252 Å². The van der Waals surface area contributed by atoms with Crippen LogP contribution in [0.15, 0.2) is 54.9 Å². The molecule has 0 spiro atoms. The summed E-state index contributed by atoms with van der Waals surface area (Å²) in [6.45, 7) is 5.57. The molecule has 12 heteroatoms. The van der Waals surface area contributed by atoms with Crippen molar-refractivity contribution < 1.29 is 31.8 Å². The van der Waals surface area contributed by atoms with E-state index in [0.29, 0.717) is 47.4 Å². The average molecular weight is 612 g/mol. The van der Waals surface area contributed by atoms with Gasteiger partial charge in [0, 0.05) is 62.1 Å². The van der Waals surface area contributed by atoms with Crippen molar-refractivity contribution in [2.24, 2.45) is 0 Å². The first-order valence-electron chi connectivity index (χ1n) is 14.2. The summed E-state index contributed by atoms with van der Waals surface area (Å²) in [5.41, 5.74) is 0.923. The number of ether oxygens (including phenoxy) is 2. The molecule has 1 aliphatic heterocycles. The van der Waals surface area contributed by atoms with E-state index in [1.807, 2.05) is 24.0 Å². The number of hydrogen-bond acceptors (Lipinski definition) is 7. The SMILES string of the molecule is CCN1CCN(Cc2cc(F)c(NC(=O)Cc3ccc(-c4cnc5cc(OC)c(OC)cc5c4)nc3)cc2C(F)(F)F)CC1. The number of hydrogen-bond donors (Lipinski definition) is 1. The van der Waals surface area contributed by atoms with Crippen LogP contribution in [0.5, 0.6) is 11.5 Å². The normalized spacial score (nSPS) is 14.5. The van der Waals surface area contributed by atoms with Gasteiger partial charge in [-0.1, -0.05) is 13.0 Å². The van der Waals surface area contributed by atoms with Gasteiger partial charge < -0.3 is 19.7 Å². The number of carbonyl (C=O) groups excluding carboxylic acids is 1. The van der Waals surface area contributed by atoms with Crippen LogP contribution in [0.2, 0.25) is 0 Å². The Morgan fingerprint density at radius 3 is 2.27 bits per heavy atom. The van der Waals surface area contributed by atoms with Crippen molar-refractivity contribution in [3.05, 3.63) is 77.4 Å². The number of likely N-dealkylation sites (N-methyl/N-ethyl adjacent to an activating group) is 1. The first-order chi connectivity index (χ1) is 21.1. The number of nitrogens with zero attached hydrogens (tertiary/aromatic N) is 4. The number of amides is 1. The van der Waals surface area contributed by atoms with Crippen molar-refractivity contribution in [1.29, 1.82) is 0 Å². The molecule has 8 nitrogen and oxygen atoms in total. The highest BCUT2D eigenvalue weighted by atomic mass is 19.4. The smallest absolute Gasteiger partial charge is 0.416 e. The van der Waals surface area contributed by atoms with Crippen LogP contribution in [0, 0.1) is 5.82 Å². The van der Waals surface area contributed by atoms with E-state index < -0.39 is 29.2 Å². The van der Waals surface area contributed by atoms with Crippen LogP contribution in [0.3, 0.4) is 0 Å². The minimum absolute atomic E-state index is 0.0238. The Balaban J connectivity index is 1.27. The second-order valence-corrected chi connectivity index (χ2v) is 10.6. The highest BCUT2D eigenvalue weighted by Gasteiger charge is 2.35. The highest BCUT2D eigenvalue weighted by Crippen LogP contribution is 2.36. The van der Waals surface area contributed by atoms with Gasteiger partial charge in [-0.2, -0.15) is 13.2 Å². The molecule has 4 aromatic rings. The Morgan fingerprint density at radius 2 is 1.64 bits per heavy atom. The summed E-state index contributed by atoms with van der Waals surface area (Å²) in [4.78, 5) is 25.7. The molecule has 0 atom stereocenters. The molecule has 0 unspecified atom stereocenters. The molecule has 0 bridgehead atoms. The lowest BCUT2D eigenvalue weighted by atomic mass is 10.0. The number of carbonyl (C=O) groups is 1. The quantitative estimate of drug-likeness (QED) is 0.240. The van der Waals surface area contributed by atoms with Crippen molar-refractivity contribution in [1.82, 2.24) is 19.8 Å². The molecule has 1 N–H and O–H groups in total. The molecule has 1 fully saturated rings. The van der Waals surface area contributed by atoms with Crippen LogP contribution in [-0.2, 0) is 23.9 Å². The van der Waals surface area contributed by atoms with E-state index in [9.17, 15) is 22.4 Å². The minimum Gasteiger partial charge on any atom is -0.493 e. The molecule has 2 aromatic heterocycles. The molecule has 3 heterocycles. The number of halogens is 4. The van der Waals surface area contributed by atoms with Crippen LogP contribution in [0.4, 0.5) is 23.2 Å². The first kappa shape index (κ1) is 31.1. The second-order valence-electron chi connectivity index (χ2n) is 10.6. The highest BCUT2D eigenvalue weighted by molar-refractivity contribution is 5.92. The summed E-state index contributed by atoms with van der Waals surface area (Å²) >= 11 is 0. The van der Waals surface area contributed by atoms with Crippen molar-refractivity contribution >= 4 is 22.5 Å². The van der Waals surface area contributed by atoms with Crippen LogP contribution in [-0.4, -0.2) is 72.6 Å². The number of benzene rings is 2. The van der Waals surface area contributed by atoms with Crippen LogP contribution in [0.25, 0.3) is 22.2 Å². The fourth-order valence-corrected chi connectivity index (χ4v) is 5.28. The number of aromatic nitrogens is 2. The monoisotopic (exact) mass is 611 g/mol. The van der Waals surface area contributed by atoms with Gasteiger partial charge >= 0.3 is 6.18 Å². The summed E-state index contributed by atoms with van der Waals surface area (Å²) in [6.07, 6.45) is -1.75. The Bertz CT molecular complexity index is 1640. The lowest BCUT2D eigenvalue weighted by Crippen LogP contribution is -2.45. The fraction of sp³-hybridized carbons (Fsp3) is 0.344. The molecule has 44 heavy (non-hydrogen) atoms. The van der Waals surface area contributed by atoms with E-state index in [1.54, 1.807) is 38.6 Å². The van der Waals surface area contributed by atoms with Gasteiger partial charge in [-0.15, -0.1) is 0 Å². The standard InChI is InChI=1S/C32H33F4N5O3/c1-4-40-7-9-41(10-8-40)19-23-13-25(33)28(15-24(23)32(34,35)36)39-31(42)11-20-5-6-26(37-17-20)22-12-21-14-29(43-2)30(44-3)16-27(21)38-18-22/h5-6,12-18H,4,7-11,19H2,1-3H3,(H,39,42). The van der Waals surface area contributed by atoms with Gasteiger partial charge in [0.1, 0.15) is 5.82 Å². The zero-order valence-electron chi connectivity index (χ0n) is 24.7. The maximum atomic E-state index is 15.0. The average Bonchev–Trinajstić information content (AvgIpc) is 3.01. The van der Waals surface area contributed by atoms with E-state index in [1.165, 1.54) is 6.20 Å². The number of rotatable bonds is 9. The first-order valence-corrected chi connectivity index (χ1v) is 14.2. The molecule has 0 saturated carbocycles. The van der Waals surface area contributed by atoms with E-state index in [-0.39, 0.29) is 18.5 Å². The third-order valence-electron chi connectivity index (χ3n) is 7.75. The van der Waals surface area contributed by atoms with E-state index in [0.717, 1.165) is 36.7 Å². The number of nitrogens with one attached hydrogen (secondary N) is 1. The lowest BCUT2D eigenvalue weighted by Gasteiger charge is -2.34. The van der Waals surface area contributed by atoms with Gasteiger partial charge in [0.05, 0.1) is 43.1 Å². The minimum atomic E-state index is -4.71. The zero-order valence-corrected chi connectivity index (χ0v) is 24.7. The largest absolute Gasteiger partial charge is 0.493 e. The molecule has 232 valence electrons. The molecule has 2 aromatic carbocycles. The molecule has 0 aliphatic carbocycles. The number of fused-ring (bicyclic) bond motifs is 1. The summed E-state index contributed by atoms with van der Waals surface area (Å²) < 4.78 is 67.6. The van der Waals surface area contributed by atoms with Crippen molar-refractivity contribution in [3.63, 3.8) is 0 Å². The number of methoxy groups -OCH3 is 2. The van der Waals surface area contributed by atoms with Crippen LogP contribution < -0.4 is 14.8 Å². The number of anilines is 1. The Morgan fingerprint density at radius 1 is 0.932 bits per heavy atom. The van der Waals surface area contributed by atoms with Crippen molar-refractivity contribution in [3.8, 4) is 22.8 Å². The molecule has 1 aliphatic rings. The predicted octanol–water partition coefficient (Wildman–Crippen LogP) is 5.79. The predicted molar refractivity (Wildman–Crippen MR) is 159 cm³/mol. The number of pyridine rings is 2. The Hall–Kier alpha value is -4.29. The van der Waals surface area contributed by atoms with Crippen LogP contribution in [0.1, 0.15) is 23.6 Å². The maximum Gasteiger partial charge on any atom is 0.416 e. The topological polar surface area (TPSA) is 79.8 Å². The third kappa shape index (κ3) is 7.08. The van der Waals surface area contributed by atoms with Gasteiger partial charge in [-0.3, -0.25) is 19.7 Å². The summed E-state index contributed by atoms with van der Waals surface area (Å²) in [5.74, 6) is -0.455. The summed E-state index contributed by atoms with van der Waals surface area (Å²) in [5, 5.41) is 3.12. The molecule has 5 rings (SSSR count). The van der Waals surface area contributed by atoms with Gasteiger partial charge in [-0.25, -0.2) is 4.39 Å². The number of piperazine rings is 1. The van der Waals surface area contributed by atoms with Gasteiger partial charge in [0.15, 0.2) is 11.5 Å². The van der Waals surface area contributed by atoms with Crippen molar-refractivity contribution in [2.45, 2.75) is 26.1 Å². The lowest BCUT2D eigenvalue weighted by molar-refractivity contribution is -0.138. The zero-order chi connectivity index (χ0) is 31.4. The Kier molecular flexibility index (Phi) is 9.31. The summed E-state index contributed by atoms with van der Waals surface area (Å²) in [7, 11) is 3.10. The molecule has 1 saturated heterocycles. The summed E-state index contributed by atoms with van der Waals surface area (Å²) in [6, 6.07) is 10.4. The van der Waals surface area contributed by atoms with Gasteiger partial charge in [-0.05, 0) is 48.0 Å². The maximum absolute atomic E-state index is 15.0. The van der Waals surface area contributed by atoms with Gasteiger partial charge in [0.2, 0.25) is 5.91 Å². The molecule has 0 radical (unpaired) electrons. The van der Waals surface area contributed by atoms with Crippen molar-refractivity contribution in [2.75, 3.05) is 52.3 Å². The molecular weight excluding hydrogens is 578 g/mol. The third-order valence-corrected chi connectivity index (χ3v) is 7.75. The van der Waals surface area contributed by atoms with E-state index in [2.05, 4.69) is 20.2 Å². The van der Waals surface area contributed by atoms with E-state index >= 15 is 0 Å².